The quantitative estimate of drug-likeness (QED) is 0.551. The van der Waals surface area contributed by atoms with Gasteiger partial charge in [-0.25, -0.2) is 0 Å². The van der Waals surface area contributed by atoms with Crippen molar-refractivity contribution in [2.45, 2.75) is 70.1 Å². The molecule has 1 aliphatic rings. The van der Waals surface area contributed by atoms with E-state index < -0.39 is 0 Å². The Balaban J connectivity index is 2.10. The maximum absolute atomic E-state index is 6.40. The van der Waals surface area contributed by atoms with Crippen LogP contribution in [0.3, 0.4) is 0 Å². The molecule has 0 saturated carbocycles. The Labute approximate surface area is 155 Å². The van der Waals surface area contributed by atoms with Crippen LogP contribution in [0, 0.1) is 5.92 Å². The van der Waals surface area contributed by atoms with Crippen LogP contribution in [0.4, 0.5) is 0 Å². The van der Waals surface area contributed by atoms with Gasteiger partial charge in [0.05, 0.1) is 0 Å². The average Bonchev–Trinajstić information content (AvgIpc) is 2.62. The Bertz CT molecular complexity index is 476. The Hall–Kier alpha value is -0.450. The van der Waals surface area contributed by atoms with Crippen LogP contribution in [-0.4, -0.2) is 24.7 Å². The summed E-state index contributed by atoms with van der Waals surface area (Å²) in [5, 5.41) is 0. The lowest BCUT2D eigenvalue weighted by atomic mass is 9.65. The highest BCUT2D eigenvalue weighted by Gasteiger charge is 2.39. The van der Waals surface area contributed by atoms with Crippen molar-refractivity contribution in [1.29, 1.82) is 0 Å². The van der Waals surface area contributed by atoms with E-state index in [0.29, 0.717) is 12.5 Å². The van der Waals surface area contributed by atoms with Gasteiger partial charge in [-0.2, -0.15) is 0 Å². The van der Waals surface area contributed by atoms with Crippen molar-refractivity contribution in [1.82, 2.24) is 4.98 Å². The second kappa shape index (κ2) is 10.5. The topological polar surface area (TPSA) is 48.1 Å². The molecule has 3 nitrogen and oxygen atoms in total. The summed E-state index contributed by atoms with van der Waals surface area (Å²) in [5.41, 5.74) is 7.75. The molecule has 2 N–H and O–H groups in total. The summed E-state index contributed by atoms with van der Waals surface area (Å²) in [6, 6.07) is 2.23. The minimum absolute atomic E-state index is 0.0469. The number of nitrogens with zero attached hydrogens (tertiary/aromatic N) is 1. The second-order valence-corrected chi connectivity index (χ2v) is 8.07. The fourth-order valence-corrected chi connectivity index (χ4v) is 4.49. The molecule has 1 aromatic heterocycles. The molecule has 0 bridgehead atoms. The summed E-state index contributed by atoms with van der Waals surface area (Å²) in [4.78, 5) is 4.43. The Morgan fingerprint density at radius 1 is 1.17 bits per heavy atom. The minimum atomic E-state index is 0.0469. The van der Waals surface area contributed by atoms with E-state index in [1.807, 2.05) is 12.4 Å². The van der Waals surface area contributed by atoms with Crippen LogP contribution < -0.4 is 5.73 Å². The molecule has 4 heteroatoms. The van der Waals surface area contributed by atoms with Crippen LogP contribution in [0.5, 0.6) is 0 Å². The first-order valence-corrected chi connectivity index (χ1v) is 10.4. The molecular formula is C20H33BrN2O. The van der Waals surface area contributed by atoms with E-state index in [-0.39, 0.29) is 5.41 Å². The van der Waals surface area contributed by atoms with Crippen molar-refractivity contribution in [2.75, 3.05) is 19.8 Å². The number of unbranched alkanes of at least 4 members (excludes halogenated alkanes) is 5. The van der Waals surface area contributed by atoms with Crippen molar-refractivity contribution >= 4 is 15.9 Å². The number of aromatic nitrogens is 1. The van der Waals surface area contributed by atoms with Crippen LogP contribution in [-0.2, 0) is 10.2 Å². The van der Waals surface area contributed by atoms with E-state index in [2.05, 4.69) is 33.9 Å². The number of halogens is 1. The number of rotatable bonds is 10. The Morgan fingerprint density at radius 3 is 2.54 bits per heavy atom. The van der Waals surface area contributed by atoms with Crippen LogP contribution in [0.1, 0.15) is 70.3 Å². The molecule has 1 fully saturated rings. The van der Waals surface area contributed by atoms with Crippen molar-refractivity contribution in [3.63, 3.8) is 0 Å². The van der Waals surface area contributed by atoms with Gasteiger partial charge in [-0.15, -0.1) is 0 Å². The molecule has 0 aromatic carbocycles. The number of pyridine rings is 1. The first-order valence-electron chi connectivity index (χ1n) is 9.62. The highest BCUT2D eigenvalue weighted by Crippen LogP contribution is 2.42. The summed E-state index contributed by atoms with van der Waals surface area (Å²) in [6.45, 7) is 4.70. The highest BCUT2D eigenvalue weighted by atomic mass is 79.9. The summed E-state index contributed by atoms with van der Waals surface area (Å²) in [5.74, 6) is 0.600. The van der Waals surface area contributed by atoms with Crippen molar-refractivity contribution in [3.8, 4) is 0 Å². The summed E-state index contributed by atoms with van der Waals surface area (Å²) < 4.78 is 6.65. The van der Waals surface area contributed by atoms with Gasteiger partial charge in [-0.05, 0) is 52.7 Å². The zero-order valence-corrected chi connectivity index (χ0v) is 16.7. The summed E-state index contributed by atoms with van der Waals surface area (Å²) in [7, 11) is 0. The third-order valence-electron chi connectivity index (χ3n) is 5.62. The van der Waals surface area contributed by atoms with E-state index in [1.165, 1.54) is 50.5 Å². The predicted octanol–water partition coefficient (Wildman–Crippen LogP) is 5.22. The zero-order valence-electron chi connectivity index (χ0n) is 15.1. The fourth-order valence-electron chi connectivity index (χ4n) is 4.13. The molecule has 1 saturated heterocycles. The van der Waals surface area contributed by atoms with E-state index in [9.17, 15) is 0 Å². The second-order valence-electron chi connectivity index (χ2n) is 7.16. The molecule has 136 valence electrons. The highest BCUT2D eigenvalue weighted by molar-refractivity contribution is 9.10. The number of ether oxygens (including phenoxy) is 1. The lowest BCUT2D eigenvalue weighted by Gasteiger charge is -2.42. The molecule has 0 radical (unpaired) electrons. The van der Waals surface area contributed by atoms with Gasteiger partial charge in [0.2, 0.25) is 0 Å². The zero-order chi connectivity index (χ0) is 17.3. The molecule has 0 amide bonds. The van der Waals surface area contributed by atoms with Gasteiger partial charge in [0.1, 0.15) is 0 Å². The molecule has 24 heavy (non-hydrogen) atoms. The summed E-state index contributed by atoms with van der Waals surface area (Å²) >= 11 is 3.59. The Morgan fingerprint density at radius 2 is 1.88 bits per heavy atom. The van der Waals surface area contributed by atoms with Gasteiger partial charge >= 0.3 is 0 Å². The van der Waals surface area contributed by atoms with Gasteiger partial charge < -0.3 is 10.5 Å². The first-order chi connectivity index (χ1) is 11.7. The maximum Gasteiger partial charge on any atom is 0.0469 e. The summed E-state index contributed by atoms with van der Waals surface area (Å²) in [6.07, 6.45) is 15.2. The molecule has 1 aromatic rings. The molecule has 0 aliphatic carbocycles. The molecule has 1 atom stereocenters. The normalized spacial score (nSPS) is 18.5. The van der Waals surface area contributed by atoms with E-state index in [1.54, 1.807) is 0 Å². The van der Waals surface area contributed by atoms with Crippen molar-refractivity contribution in [2.24, 2.45) is 11.7 Å². The average molecular weight is 397 g/mol. The molecule has 1 aliphatic heterocycles. The molecular weight excluding hydrogens is 364 g/mol. The molecule has 1 unspecified atom stereocenters. The van der Waals surface area contributed by atoms with E-state index in [4.69, 9.17) is 10.5 Å². The van der Waals surface area contributed by atoms with Crippen LogP contribution in [0.25, 0.3) is 0 Å². The number of hydrogen-bond donors (Lipinski definition) is 1. The van der Waals surface area contributed by atoms with Gasteiger partial charge in [-0.3, -0.25) is 4.98 Å². The van der Waals surface area contributed by atoms with Crippen molar-refractivity contribution in [3.05, 3.63) is 28.5 Å². The lowest BCUT2D eigenvalue weighted by molar-refractivity contribution is 0.0348. The number of nitrogens with two attached hydrogens (primary N) is 1. The third kappa shape index (κ3) is 5.27. The molecule has 2 rings (SSSR count). The van der Waals surface area contributed by atoms with Crippen LogP contribution >= 0.6 is 15.9 Å². The van der Waals surface area contributed by atoms with Crippen LogP contribution in [0.2, 0.25) is 0 Å². The first kappa shape index (κ1) is 19.9. The fraction of sp³-hybridized carbons (Fsp3) is 0.750. The maximum atomic E-state index is 6.40. The largest absolute Gasteiger partial charge is 0.381 e. The number of hydrogen-bond acceptors (Lipinski definition) is 3. The molecule has 2 heterocycles. The van der Waals surface area contributed by atoms with Gasteiger partial charge in [0.15, 0.2) is 0 Å². The lowest BCUT2D eigenvalue weighted by Crippen LogP contribution is -2.44. The predicted molar refractivity (Wildman–Crippen MR) is 104 cm³/mol. The molecule has 0 spiro atoms. The van der Waals surface area contributed by atoms with Gasteiger partial charge in [0, 0.05) is 42.0 Å². The van der Waals surface area contributed by atoms with Gasteiger partial charge in [-0.1, -0.05) is 45.4 Å². The van der Waals surface area contributed by atoms with E-state index >= 15 is 0 Å². The standard InChI is InChI=1S/C20H33BrN2O/c1-2-3-4-5-6-7-10-20(16-22,17-8-11-24-12-9-17)18-13-19(21)15-23-14-18/h13-15,17H,2-12,16,22H2,1H3. The van der Waals surface area contributed by atoms with E-state index in [0.717, 1.165) is 30.5 Å². The van der Waals surface area contributed by atoms with Gasteiger partial charge in [0.25, 0.3) is 0 Å². The van der Waals surface area contributed by atoms with Crippen molar-refractivity contribution < 1.29 is 4.74 Å². The smallest absolute Gasteiger partial charge is 0.0469 e. The Kier molecular flexibility index (Phi) is 8.71. The van der Waals surface area contributed by atoms with Crippen LogP contribution in [0.15, 0.2) is 22.9 Å². The monoisotopic (exact) mass is 396 g/mol. The third-order valence-corrected chi connectivity index (χ3v) is 6.06. The SMILES string of the molecule is CCCCCCCCC(CN)(c1cncc(Br)c1)C1CCOCC1. The minimum Gasteiger partial charge on any atom is -0.381 e.